The van der Waals surface area contributed by atoms with Gasteiger partial charge in [0.25, 0.3) is 0 Å². The third-order valence-corrected chi connectivity index (χ3v) is 7.96. The summed E-state index contributed by atoms with van der Waals surface area (Å²) >= 11 is 0. The summed E-state index contributed by atoms with van der Waals surface area (Å²) in [5.41, 5.74) is 1.17. The van der Waals surface area contributed by atoms with Crippen molar-refractivity contribution in [1.29, 1.82) is 0 Å². The smallest absolute Gasteiger partial charge is 0.416 e. The Morgan fingerprint density at radius 1 is 1.06 bits per heavy atom. The maximum absolute atomic E-state index is 13.4. The van der Waals surface area contributed by atoms with Crippen LogP contribution in [0.15, 0.2) is 47.4 Å². The SMILES string of the molecule is Cc1ccc(S(=O)(=O)N2C(C)CN(Cc3ccc(C(F)(F)F)cc3)CC2C)cc1CC(=O)O. The summed E-state index contributed by atoms with van der Waals surface area (Å²) in [6.07, 6.45) is -4.65. The van der Waals surface area contributed by atoms with E-state index in [9.17, 15) is 26.4 Å². The summed E-state index contributed by atoms with van der Waals surface area (Å²) in [5.74, 6) is -1.04. The first-order valence-corrected chi connectivity index (χ1v) is 12.0. The van der Waals surface area contributed by atoms with E-state index in [0.717, 1.165) is 17.7 Å². The first kappa shape index (κ1) is 25.2. The van der Waals surface area contributed by atoms with Crippen molar-refractivity contribution in [3.63, 3.8) is 0 Å². The number of piperazine rings is 1. The first-order valence-electron chi connectivity index (χ1n) is 10.5. The fraction of sp³-hybridized carbons (Fsp3) is 0.435. The molecule has 2 aromatic rings. The van der Waals surface area contributed by atoms with Gasteiger partial charge in [-0.3, -0.25) is 9.69 Å². The molecule has 2 atom stereocenters. The second kappa shape index (κ2) is 9.44. The second-order valence-electron chi connectivity index (χ2n) is 8.58. The third-order valence-electron chi connectivity index (χ3n) is 5.84. The third kappa shape index (κ3) is 5.74. The summed E-state index contributed by atoms with van der Waals surface area (Å²) in [6, 6.07) is 8.76. The molecule has 0 aliphatic carbocycles. The van der Waals surface area contributed by atoms with Crippen LogP contribution in [0.4, 0.5) is 13.2 Å². The Morgan fingerprint density at radius 2 is 1.64 bits per heavy atom. The number of benzene rings is 2. The number of hydrogen-bond acceptors (Lipinski definition) is 4. The van der Waals surface area contributed by atoms with E-state index in [2.05, 4.69) is 0 Å². The zero-order chi connectivity index (χ0) is 24.6. The average Bonchev–Trinajstić information content (AvgIpc) is 2.68. The highest BCUT2D eigenvalue weighted by molar-refractivity contribution is 7.89. The molecule has 1 saturated heterocycles. The Kier molecular flexibility index (Phi) is 7.21. The van der Waals surface area contributed by atoms with Gasteiger partial charge in [0.2, 0.25) is 10.0 Å². The zero-order valence-corrected chi connectivity index (χ0v) is 19.4. The van der Waals surface area contributed by atoms with Crippen molar-refractivity contribution in [2.75, 3.05) is 13.1 Å². The average molecular weight is 485 g/mol. The van der Waals surface area contributed by atoms with E-state index in [4.69, 9.17) is 5.11 Å². The molecule has 1 aliphatic heterocycles. The molecule has 0 saturated carbocycles. The Balaban J connectivity index is 1.76. The molecule has 6 nitrogen and oxygen atoms in total. The second-order valence-corrected chi connectivity index (χ2v) is 10.4. The lowest BCUT2D eigenvalue weighted by molar-refractivity contribution is -0.138. The fourth-order valence-electron chi connectivity index (χ4n) is 4.36. The molecule has 3 rings (SSSR count). The normalized spacial score (nSPS) is 20.7. The van der Waals surface area contributed by atoms with Crippen LogP contribution in [0.1, 0.15) is 36.1 Å². The molecule has 0 radical (unpaired) electrons. The molecule has 0 spiro atoms. The van der Waals surface area contributed by atoms with Crippen LogP contribution in [-0.4, -0.2) is 53.9 Å². The topological polar surface area (TPSA) is 77.9 Å². The maximum atomic E-state index is 13.4. The van der Waals surface area contributed by atoms with Crippen molar-refractivity contribution < 1.29 is 31.5 Å². The standard InChI is InChI=1S/C23H27F3N2O4S/c1-15-4-9-21(10-19(15)11-22(29)30)33(31,32)28-16(2)12-27(13-17(28)3)14-18-5-7-20(8-6-18)23(24,25)26/h4-10,16-17H,11-14H2,1-3H3,(H,29,30). The molecule has 0 bridgehead atoms. The van der Waals surface area contributed by atoms with Gasteiger partial charge in [0.15, 0.2) is 0 Å². The summed E-state index contributed by atoms with van der Waals surface area (Å²) in [5, 5.41) is 9.10. The first-order chi connectivity index (χ1) is 15.3. The van der Waals surface area contributed by atoms with Gasteiger partial charge in [0.1, 0.15) is 0 Å². The molecule has 33 heavy (non-hydrogen) atoms. The summed E-state index contributed by atoms with van der Waals surface area (Å²) in [7, 11) is -3.87. The Hall–Kier alpha value is -2.43. The molecule has 180 valence electrons. The number of sulfonamides is 1. The summed E-state index contributed by atoms with van der Waals surface area (Å²) in [4.78, 5) is 13.2. The van der Waals surface area contributed by atoms with Gasteiger partial charge in [-0.05, 0) is 61.7 Å². The van der Waals surface area contributed by atoms with Gasteiger partial charge in [0, 0.05) is 31.7 Å². The van der Waals surface area contributed by atoms with Crippen LogP contribution >= 0.6 is 0 Å². The van der Waals surface area contributed by atoms with E-state index in [-0.39, 0.29) is 23.4 Å². The van der Waals surface area contributed by atoms with E-state index in [1.807, 2.05) is 4.90 Å². The van der Waals surface area contributed by atoms with Crippen LogP contribution in [0.3, 0.4) is 0 Å². The van der Waals surface area contributed by atoms with E-state index < -0.39 is 27.7 Å². The Morgan fingerprint density at radius 3 is 2.15 bits per heavy atom. The minimum absolute atomic E-state index is 0.0549. The number of carboxylic acids is 1. The van der Waals surface area contributed by atoms with Crippen molar-refractivity contribution in [2.24, 2.45) is 0 Å². The molecule has 0 amide bonds. The predicted molar refractivity (Wildman–Crippen MR) is 117 cm³/mol. The molecular formula is C23H27F3N2O4S. The largest absolute Gasteiger partial charge is 0.481 e. The number of aryl methyl sites for hydroxylation is 1. The number of alkyl halides is 3. The van der Waals surface area contributed by atoms with E-state index >= 15 is 0 Å². The Bertz CT molecular complexity index is 1110. The number of carbonyl (C=O) groups is 1. The van der Waals surface area contributed by atoms with Crippen LogP contribution in [0, 0.1) is 6.92 Å². The van der Waals surface area contributed by atoms with Crippen LogP contribution < -0.4 is 0 Å². The van der Waals surface area contributed by atoms with Gasteiger partial charge in [-0.1, -0.05) is 18.2 Å². The lowest BCUT2D eigenvalue weighted by Crippen LogP contribution is -2.58. The van der Waals surface area contributed by atoms with Gasteiger partial charge in [-0.15, -0.1) is 0 Å². The minimum atomic E-state index is -4.39. The molecular weight excluding hydrogens is 457 g/mol. The number of rotatable bonds is 6. The van der Waals surface area contributed by atoms with Crippen molar-refractivity contribution in [2.45, 2.75) is 56.9 Å². The van der Waals surface area contributed by atoms with E-state index in [1.54, 1.807) is 26.8 Å². The molecule has 2 unspecified atom stereocenters. The Labute approximate surface area is 191 Å². The number of halogens is 3. The molecule has 1 N–H and O–H groups in total. The summed E-state index contributed by atoms with van der Waals surface area (Å²) < 4.78 is 66.6. The highest BCUT2D eigenvalue weighted by Gasteiger charge is 2.38. The number of carboxylic acid groups (broad SMARTS) is 1. The maximum Gasteiger partial charge on any atom is 0.416 e. The van der Waals surface area contributed by atoms with Crippen molar-refractivity contribution in [3.8, 4) is 0 Å². The van der Waals surface area contributed by atoms with E-state index in [1.165, 1.54) is 28.6 Å². The van der Waals surface area contributed by atoms with Gasteiger partial charge >= 0.3 is 12.1 Å². The highest BCUT2D eigenvalue weighted by Crippen LogP contribution is 2.30. The van der Waals surface area contributed by atoms with Crippen LogP contribution in [0.5, 0.6) is 0 Å². The zero-order valence-electron chi connectivity index (χ0n) is 18.6. The lowest BCUT2D eigenvalue weighted by atomic mass is 10.1. The van der Waals surface area contributed by atoms with Crippen LogP contribution in [0.25, 0.3) is 0 Å². The van der Waals surface area contributed by atoms with Crippen LogP contribution in [0.2, 0.25) is 0 Å². The van der Waals surface area contributed by atoms with Gasteiger partial charge < -0.3 is 5.11 Å². The number of aliphatic carboxylic acids is 1. The highest BCUT2D eigenvalue weighted by atomic mass is 32.2. The van der Waals surface area contributed by atoms with Gasteiger partial charge in [-0.2, -0.15) is 17.5 Å². The molecule has 10 heteroatoms. The van der Waals surface area contributed by atoms with Gasteiger partial charge in [0.05, 0.1) is 16.9 Å². The predicted octanol–water partition coefficient (Wildman–Crippen LogP) is 3.92. The van der Waals surface area contributed by atoms with Crippen molar-refractivity contribution in [1.82, 2.24) is 9.21 Å². The van der Waals surface area contributed by atoms with Crippen LogP contribution in [-0.2, 0) is 34.0 Å². The van der Waals surface area contributed by atoms with E-state index in [0.29, 0.717) is 30.8 Å². The summed E-state index contributed by atoms with van der Waals surface area (Å²) in [6.45, 7) is 6.56. The quantitative estimate of drug-likeness (QED) is 0.673. The molecule has 2 aromatic carbocycles. The van der Waals surface area contributed by atoms with Gasteiger partial charge in [-0.25, -0.2) is 8.42 Å². The van der Waals surface area contributed by atoms with Crippen molar-refractivity contribution >= 4 is 16.0 Å². The number of nitrogens with zero attached hydrogens (tertiary/aromatic N) is 2. The molecule has 1 heterocycles. The monoisotopic (exact) mass is 484 g/mol. The fourth-order valence-corrected chi connectivity index (χ4v) is 6.22. The lowest BCUT2D eigenvalue weighted by Gasteiger charge is -2.43. The van der Waals surface area contributed by atoms with Crippen molar-refractivity contribution in [3.05, 3.63) is 64.7 Å². The minimum Gasteiger partial charge on any atom is -0.481 e. The molecule has 0 aromatic heterocycles. The molecule has 1 fully saturated rings. The number of hydrogen-bond donors (Lipinski definition) is 1. The molecule has 1 aliphatic rings.